The van der Waals surface area contributed by atoms with Crippen LogP contribution < -0.4 is 4.74 Å². The standard InChI is InChI=1S/C7H8BrNO2/c1-11-6-3-2-5(4-10)7(8)9-6/h2-3,10H,4H2,1H3. The Hall–Kier alpha value is -0.610. The molecule has 0 saturated heterocycles. The molecule has 0 aliphatic heterocycles. The first kappa shape index (κ1) is 8.49. The van der Waals surface area contributed by atoms with E-state index in [0.717, 1.165) is 5.56 Å². The van der Waals surface area contributed by atoms with E-state index >= 15 is 0 Å². The van der Waals surface area contributed by atoms with Gasteiger partial charge in [-0.25, -0.2) is 4.98 Å². The summed E-state index contributed by atoms with van der Waals surface area (Å²) >= 11 is 3.20. The Bertz CT molecular complexity index is 252. The lowest BCUT2D eigenvalue weighted by molar-refractivity contribution is 0.280. The average Bonchev–Trinajstić information content (AvgIpc) is 2.04. The Balaban J connectivity index is 2.99. The average molecular weight is 218 g/mol. The predicted octanol–water partition coefficient (Wildman–Crippen LogP) is 1.34. The zero-order valence-corrected chi connectivity index (χ0v) is 7.63. The van der Waals surface area contributed by atoms with Crippen LogP contribution in [0.15, 0.2) is 16.7 Å². The van der Waals surface area contributed by atoms with Crippen LogP contribution in [0.1, 0.15) is 5.56 Å². The molecule has 1 aromatic rings. The van der Waals surface area contributed by atoms with Crippen molar-refractivity contribution in [3.8, 4) is 5.88 Å². The Morgan fingerprint density at radius 2 is 2.36 bits per heavy atom. The highest BCUT2D eigenvalue weighted by Crippen LogP contribution is 2.17. The molecule has 4 heteroatoms. The van der Waals surface area contributed by atoms with Crippen LogP contribution in [0.2, 0.25) is 0 Å². The van der Waals surface area contributed by atoms with E-state index in [4.69, 9.17) is 9.84 Å². The topological polar surface area (TPSA) is 42.4 Å². The third kappa shape index (κ3) is 1.91. The summed E-state index contributed by atoms with van der Waals surface area (Å²) in [5.74, 6) is 0.536. The lowest BCUT2D eigenvalue weighted by Crippen LogP contribution is -1.92. The second kappa shape index (κ2) is 3.69. The van der Waals surface area contributed by atoms with Crippen LogP contribution >= 0.6 is 15.9 Å². The van der Waals surface area contributed by atoms with Crippen molar-refractivity contribution in [1.82, 2.24) is 4.98 Å². The number of halogens is 1. The minimum atomic E-state index is -0.0163. The van der Waals surface area contributed by atoms with Crippen molar-refractivity contribution in [1.29, 1.82) is 0 Å². The van der Waals surface area contributed by atoms with Crippen molar-refractivity contribution >= 4 is 15.9 Å². The second-order valence-electron chi connectivity index (χ2n) is 1.96. The van der Waals surface area contributed by atoms with Crippen molar-refractivity contribution in [2.75, 3.05) is 7.11 Å². The maximum absolute atomic E-state index is 8.77. The molecular formula is C7H8BrNO2. The summed E-state index contributed by atoms with van der Waals surface area (Å²) in [4.78, 5) is 4.00. The minimum absolute atomic E-state index is 0.0163. The molecule has 3 nitrogen and oxygen atoms in total. The second-order valence-corrected chi connectivity index (χ2v) is 2.71. The lowest BCUT2D eigenvalue weighted by Gasteiger charge is -2.01. The molecule has 1 rings (SSSR count). The van der Waals surface area contributed by atoms with E-state index in [2.05, 4.69) is 20.9 Å². The number of methoxy groups -OCH3 is 1. The van der Waals surface area contributed by atoms with Gasteiger partial charge in [-0.15, -0.1) is 0 Å². The summed E-state index contributed by atoms with van der Waals surface area (Å²) in [6, 6.07) is 3.46. The summed E-state index contributed by atoms with van der Waals surface area (Å²) in [5, 5.41) is 8.77. The largest absolute Gasteiger partial charge is 0.481 e. The Labute approximate surface area is 73.2 Å². The summed E-state index contributed by atoms with van der Waals surface area (Å²) in [7, 11) is 1.55. The molecule has 0 fully saturated rings. The van der Waals surface area contributed by atoms with E-state index in [0.29, 0.717) is 10.5 Å². The number of hydrogen-bond donors (Lipinski definition) is 1. The summed E-state index contributed by atoms with van der Waals surface area (Å²) in [5.41, 5.74) is 0.755. The minimum Gasteiger partial charge on any atom is -0.481 e. The SMILES string of the molecule is COc1ccc(CO)c(Br)n1. The van der Waals surface area contributed by atoms with Gasteiger partial charge in [0.2, 0.25) is 5.88 Å². The molecule has 1 N–H and O–H groups in total. The monoisotopic (exact) mass is 217 g/mol. The molecule has 1 heterocycles. The lowest BCUT2D eigenvalue weighted by atomic mass is 10.3. The van der Waals surface area contributed by atoms with Gasteiger partial charge in [-0.05, 0) is 22.0 Å². The molecule has 0 bridgehead atoms. The smallest absolute Gasteiger partial charge is 0.214 e. The molecular weight excluding hydrogens is 210 g/mol. The van der Waals surface area contributed by atoms with Gasteiger partial charge in [0.15, 0.2) is 0 Å². The van der Waals surface area contributed by atoms with E-state index < -0.39 is 0 Å². The van der Waals surface area contributed by atoms with Crippen molar-refractivity contribution < 1.29 is 9.84 Å². The Morgan fingerprint density at radius 1 is 1.64 bits per heavy atom. The van der Waals surface area contributed by atoms with Gasteiger partial charge in [0.25, 0.3) is 0 Å². The van der Waals surface area contributed by atoms with Gasteiger partial charge in [-0.1, -0.05) is 0 Å². The van der Waals surface area contributed by atoms with Crippen molar-refractivity contribution in [2.24, 2.45) is 0 Å². The fourth-order valence-electron chi connectivity index (χ4n) is 0.678. The van der Waals surface area contributed by atoms with Gasteiger partial charge < -0.3 is 9.84 Å². The van der Waals surface area contributed by atoms with Gasteiger partial charge in [0, 0.05) is 11.6 Å². The molecule has 0 spiro atoms. The van der Waals surface area contributed by atoms with E-state index in [1.54, 1.807) is 19.2 Å². The maximum atomic E-state index is 8.77. The van der Waals surface area contributed by atoms with Gasteiger partial charge >= 0.3 is 0 Å². The molecule has 0 aliphatic rings. The molecule has 0 aromatic carbocycles. The van der Waals surface area contributed by atoms with Crippen LogP contribution in [-0.4, -0.2) is 17.2 Å². The molecule has 1 aromatic heterocycles. The molecule has 0 unspecified atom stereocenters. The van der Waals surface area contributed by atoms with Crippen molar-refractivity contribution in [3.63, 3.8) is 0 Å². The number of nitrogens with zero attached hydrogens (tertiary/aromatic N) is 1. The van der Waals surface area contributed by atoms with E-state index in [1.165, 1.54) is 0 Å². The van der Waals surface area contributed by atoms with E-state index in [1.807, 2.05) is 0 Å². The van der Waals surface area contributed by atoms with Crippen LogP contribution in [0.25, 0.3) is 0 Å². The number of aromatic nitrogens is 1. The first-order chi connectivity index (χ1) is 5.27. The fraction of sp³-hybridized carbons (Fsp3) is 0.286. The molecule has 0 amide bonds. The van der Waals surface area contributed by atoms with E-state index in [-0.39, 0.29) is 6.61 Å². The summed E-state index contributed by atoms with van der Waals surface area (Å²) < 4.78 is 5.50. The van der Waals surface area contributed by atoms with Gasteiger partial charge in [-0.3, -0.25) is 0 Å². The Kier molecular flexibility index (Phi) is 2.84. The predicted molar refractivity (Wildman–Crippen MR) is 44.4 cm³/mol. The highest BCUT2D eigenvalue weighted by Gasteiger charge is 2.00. The Morgan fingerprint density at radius 3 is 2.82 bits per heavy atom. The first-order valence-electron chi connectivity index (χ1n) is 3.08. The third-order valence-electron chi connectivity index (χ3n) is 1.28. The molecule has 11 heavy (non-hydrogen) atoms. The quantitative estimate of drug-likeness (QED) is 0.761. The highest BCUT2D eigenvalue weighted by atomic mass is 79.9. The van der Waals surface area contributed by atoms with Crippen LogP contribution in [-0.2, 0) is 6.61 Å². The van der Waals surface area contributed by atoms with Crippen LogP contribution in [0, 0.1) is 0 Å². The zero-order valence-electron chi connectivity index (χ0n) is 6.04. The number of pyridine rings is 1. The molecule has 0 atom stereocenters. The van der Waals surface area contributed by atoms with Gasteiger partial charge in [0.05, 0.1) is 13.7 Å². The number of aliphatic hydroxyl groups excluding tert-OH is 1. The first-order valence-corrected chi connectivity index (χ1v) is 3.87. The van der Waals surface area contributed by atoms with Gasteiger partial charge in [-0.2, -0.15) is 0 Å². The van der Waals surface area contributed by atoms with Crippen molar-refractivity contribution in [3.05, 3.63) is 22.3 Å². The zero-order chi connectivity index (χ0) is 8.27. The van der Waals surface area contributed by atoms with Crippen LogP contribution in [0.5, 0.6) is 5.88 Å². The van der Waals surface area contributed by atoms with Crippen LogP contribution in [0.4, 0.5) is 0 Å². The van der Waals surface area contributed by atoms with Gasteiger partial charge in [0.1, 0.15) is 4.60 Å². The summed E-state index contributed by atoms with van der Waals surface area (Å²) in [6.45, 7) is -0.0163. The molecule has 0 radical (unpaired) electrons. The number of aliphatic hydroxyl groups is 1. The van der Waals surface area contributed by atoms with Crippen molar-refractivity contribution in [2.45, 2.75) is 6.61 Å². The third-order valence-corrected chi connectivity index (χ3v) is 1.97. The number of ether oxygens (including phenoxy) is 1. The van der Waals surface area contributed by atoms with Crippen LogP contribution in [0.3, 0.4) is 0 Å². The van der Waals surface area contributed by atoms with E-state index in [9.17, 15) is 0 Å². The fourth-order valence-corrected chi connectivity index (χ4v) is 1.11. The molecule has 0 saturated carbocycles. The highest BCUT2D eigenvalue weighted by molar-refractivity contribution is 9.10. The maximum Gasteiger partial charge on any atom is 0.214 e. The molecule has 60 valence electrons. The molecule has 0 aliphatic carbocycles. The normalized spacial score (nSPS) is 9.73. The number of rotatable bonds is 2. The summed E-state index contributed by atoms with van der Waals surface area (Å²) in [6.07, 6.45) is 0. The number of hydrogen-bond acceptors (Lipinski definition) is 3.